The molecule has 0 fully saturated rings. The molecule has 0 radical (unpaired) electrons. The molecule has 27 heavy (non-hydrogen) atoms. The van der Waals surface area contributed by atoms with E-state index in [0.29, 0.717) is 11.6 Å². The van der Waals surface area contributed by atoms with Gasteiger partial charge in [0.15, 0.2) is 0 Å². The Bertz CT molecular complexity index is 624. The highest BCUT2D eigenvalue weighted by molar-refractivity contribution is 7.99. The summed E-state index contributed by atoms with van der Waals surface area (Å²) in [5.74, 6) is 0.573. The maximum Gasteiger partial charge on any atom is 0.327 e. The first-order valence-corrected chi connectivity index (χ1v) is 10.4. The topological polar surface area (TPSA) is 85.5 Å². The summed E-state index contributed by atoms with van der Waals surface area (Å²) in [5, 5.41) is 20.5. The molecular formula is C21H33N3O2S. The van der Waals surface area contributed by atoms with Gasteiger partial charge in [0.2, 0.25) is 6.19 Å². The first-order valence-electron chi connectivity index (χ1n) is 9.21. The number of nitrogens with one attached hydrogen (secondary N) is 1. The quantitative estimate of drug-likeness (QED) is 0.159. The van der Waals surface area contributed by atoms with Crippen molar-refractivity contribution >= 4 is 23.6 Å². The first-order chi connectivity index (χ1) is 12.8. The van der Waals surface area contributed by atoms with Gasteiger partial charge in [0.25, 0.3) is 0 Å². The van der Waals surface area contributed by atoms with Gasteiger partial charge in [0, 0.05) is 11.5 Å². The molecule has 0 heterocycles. The standard InChI is InChI=1S/C21H33N3O2S/c1-16(2)8-6-9-17(3)10-7-11-18(4)12-13-27-14-20(21(25)26)24-19(5)23-15-22/h8,10,12,20H,6-7,9,11,13-14H2,1-5H3,(H,23,24)(H,25,26). The molecular weight excluding hydrogens is 358 g/mol. The third-order valence-electron chi connectivity index (χ3n) is 3.86. The average molecular weight is 392 g/mol. The summed E-state index contributed by atoms with van der Waals surface area (Å²) in [6.07, 6.45) is 12.7. The molecule has 1 unspecified atom stereocenters. The van der Waals surface area contributed by atoms with Crippen LogP contribution in [-0.2, 0) is 4.79 Å². The van der Waals surface area contributed by atoms with Crippen LogP contribution >= 0.6 is 11.8 Å². The van der Waals surface area contributed by atoms with Crippen LogP contribution in [0.2, 0.25) is 0 Å². The molecule has 0 aliphatic heterocycles. The molecule has 0 aliphatic rings. The number of hydrogen-bond donors (Lipinski definition) is 2. The largest absolute Gasteiger partial charge is 0.480 e. The highest BCUT2D eigenvalue weighted by atomic mass is 32.2. The number of carboxylic acids is 1. The number of rotatable bonds is 12. The number of aliphatic imine (C=N–C) groups is 1. The number of thioether (sulfide) groups is 1. The molecule has 5 nitrogen and oxygen atoms in total. The molecule has 150 valence electrons. The van der Waals surface area contributed by atoms with Gasteiger partial charge in [0.1, 0.15) is 11.9 Å². The van der Waals surface area contributed by atoms with Crippen molar-refractivity contribution in [2.24, 2.45) is 4.99 Å². The fraction of sp³-hybridized carbons (Fsp3) is 0.571. The molecule has 0 amide bonds. The molecule has 0 aromatic carbocycles. The molecule has 0 saturated carbocycles. The van der Waals surface area contributed by atoms with E-state index in [1.807, 2.05) is 0 Å². The summed E-state index contributed by atoms with van der Waals surface area (Å²) < 4.78 is 0. The first kappa shape index (κ1) is 25.0. The van der Waals surface area contributed by atoms with E-state index in [-0.39, 0.29) is 0 Å². The lowest BCUT2D eigenvalue weighted by atomic mass is 10.1. The smallest absolute Gasteiger partial charge is 0.327 e. The lowest BCUT2D eigenvalue weighted by Crippen LogP contribution is -2.41. The molecule has 0 rings (SSSR count). The summed E-state index contributed by atoms with van der Waals surface area (Å²) in [5.41, 5.74) is 4.12. The second-order valence-electron chi connectivity index (χ2n) is 6.83. The van der Waals surface area contributed by atoms with Gasteiger partial charge in [-0.3, -0.25) is 0 Å². The van der Waals surface area contributed by atoms with Crippen molar-refractivity contribution in [1.29, 1.82) is 5.26 Å². The number of nitrogens with zero attached hydrogens (tertiary/aromatic N) is 2. The Morgan fingerprint density at radius 1 is 1.11 bits per heavy atom. The molecule has 0 aromatic heterocycles. The van der Waals surface area contributed by atoms with E-state index in [0.717, 1.165) is 31.4 Å². The zero-order valence-electron chi connectivity index (χ0n) is 17.2. The molecule has 0 aliphatic carbocycles. The zero-order valence-corrected chi connectivity index (χ0v) is 18.0. The van der Waals surface area contributed by atoms with Gasteiger partial charge in [-0.05, 0) is 60.3 Å². The van der Waals surface area contributed by atoms with Crippen LogP contribution in [0.1, 0.15) is 60.3 Å². The second-order valence-corrected chi connectivity index (χ2v) is 7.90. The Morgan fingerprint density at radius 2 is 1.70 bits per heavy atom. The highest BCUT2D eigenvalue weighted by Crippen LogP contribution is 2.13. The lowest BCUT2D eigenvalue weighted by molar-refractivity contribution is -0.138. The van der Waals surface area contributed by atoms with Gasteiger partial charge < -0.3 is 10.4 Å². The van der Waals surface area contributed by atoms with Crippen LogP contribution in [0.25, 0.3) is 0 Å². The van der Waals surface area contributed by atoms with Crippen molar-refractivity contribution < 1.29 is 9.90 Å². The summed E-state index contributed by atoms with van der Waals surface area (Å²) in [4.78, 5) is 14.7. The third-order valence-corrected chi connectivity index (χ3v) is 4.83. The summed E-state index contributed by atoms with van der Waals surface area (Å²) >= 11 is 1.55. The van der Waals surface area contributed by atoms with E-state index in [1.165, 1.54) is 16.7 Å². The van der Waals surface area contributed by atoms with E-state index >= 15 is 0 Å². The molecule has 0 bridgehead atoms. The Hall–Kier alpha value is -2.00. The second kappa shape index (κ2) is 15.1. The van der Waals surface area contributed by atoms with Crippen LogP contribution in [0.4, 0.5) is 0 Å². The zero-order chi connectivity index (χ0) is 20.7. The number of amidine groups is 1. The van der Waals surface area contributed by atoms with Crippen LogP contribution < -0.4 is 5.32 Å². The Balaban J connectivity index is 4.20. The Kier molecular flexibility index (Phi) is 14.0. The molecule has 0 saturated heterocycles. The lowest BCUT2D eigenvalue weighted by Gasteiger charge is -2.13. The van der Waals surface area contributed by atoms with Crippen LogP contribution in [0.3, 0.4) is 0 Å². The fourth-order valence-electron chi connectivity index (χ4n) is 2.26. The van der Waals surface area contributed by atoms with Crippen LogP contribution in [0.5, 0.6) is 0 Å². The van der Waals surface area contributed by atoms with Crippen LogP contribution in [-0.4, -0.2) is 34.5 Å². The average Bonchev–Trinajstić information content (AvgIpc) is 2.57. The number of hydrogen-bond acceptors (Lipinski definition) is 4. The third kappa shape index (κ3) is 14.8. The van der Waals surface area contributed by atoms with Crippen molar-refractivity contribution in [3.63, 3.8) is 0 Å². The number of carbonyl (C=O) groups is 1. The van der Waals surface area contributed by atoms with Crippen molar-refractivity contribution in [2.45, 2.75) is 66.3 Å². The van der Waals surface area contributed by atoms with E-state index in [1.54, 1.807) is 24.9 Å². The number of carboxylic acid groups (broad SMARTS) is 1. The predicted molar refractivity (Wildman–Crippen MR) is 116 cm³/mol. The van der Waals surface area contributed by atoms with Gasteiger partial charge in [-0.25, -0.2) is 4.79 Å². The van der Waals surface area contributed by atoms with Crippen molar-refractivity contribution in [3.8, 4) is 6.19 Å². The van der Waals surface area contributed by atoms with Crippen molar-refractivity contribution in [3.05, 3.63) is 34.9 Å². The van der Waals surface area contributed by atoms with Crippen LogP contribution in [0, 0.1) is 11.5 Å². The van der Waals surface area contributed by atoms with Gasteiger partial charge in [-0.15, -0.1) is 0 Å². The minimum atomic E-state index is -0.940. The summed E-state index contributed by atoms with van der Waals surface area (Å²) in [7, 11) is 0. The molecule has 0 aromatic rings. The van der Waals surface area contributed by atoms with Crippen molar-refractivity contribution in [2.75, 3.05) is 11.5 Å². The summed E-state index contributed by atoms with van der Waals surface area (Å²) in [6.45, 7) is 10.1. The minimum Gasteiger partial charge on any atom is -0.480 e. The maximum atomic E-state index is 11.2. The van der Waals surface area contributed by atoms with Gasteiger partial charge in [0.05, 0.1) is 0 Å². The minimum absolute atomic E-state index is 0.323. The summed E-state index contributed by atoms with van der Waals surface area (Å²) in [6, 6.07) is -0.743. The van der Waals surface area contributed by atoms with Gasteiger partial charge in [-0.2, -0.15) is 22.0 Å². The molecule has 1 atom stereocenters. The number of aliphatic carboxylic acids is 1. The van der Waals surface area contributed by atoms with E-state index < -0.39 is 12.0 Å². The van der Waals surface area contributed by atoms with Gasteiger partial charge >= 0.3 is 5.97 Å². The molecule has 0 spiro atoms. The van der Waals surface area contributed by atoms with Crippen LogP contribution in [0.15, 0.2) is 39.9 Å². The van der Waals surface area contributed by atoms with E-state index in [2.05, 4.69) is 56.2 Å². The Labute approximate surface area is 168 Å². The van der Waals surface area contributed by atoms with Crippen molar-refractivity contribution in [1.82, 2.24) is 5.32 Å². The van der Waals surface area contributed by atoms with E-state index in [9.17, 15) is 9.90 Å². The fourth-order valence-corrected chi connectivity index (χ4v) is 3.26. The maximum absolute atomic E-state index is 11.2. The normalized spacial score (nSPS) is 13.7. The highest BCUT2D eigenvalue weighted by Gasteiger charge is 2.17. The number of allylic oxidation sites excluding steroid dienone is 5. The monoisotopic (exact) mass is 391 g/mol. The van der Waals surface area contributed by atoms with Gasteiger partial charge in [-0.1, -0.05) is 34.9 Å². The number of nitriles is 1. The predicted octanol–water partition coefficient (Wildman–Crippen LogP) is 5.08. The SMILES string of the molecule is CC(C)=CCCC(C)=CCCC(C)=CCSCC(NC(C)=NC#N)C(=O)O. The molecule has 2 N–H and O–H groups in total. The molecule has 6 heteroatoms. The van der Waals surface area contributed by atoms with E-state index in [4.69, 9.17) is 5.26 Å². The Morgan fingerprint density at radius 3 is 2.26 bits per heavy atom.